The predicted octanol–water partition coefficient (Wildman–Crippen LogP) is 3.40. The molecule has 3 nitrogen and oxygen atoms in total. The molecule has 0 fully saturated rings. The van der Waals surface area contributed by atoms with Crippen LogP contribution in [0.2, 0.25) is 0 Å². The number of rotatable bonds is 6. The number of nitrogens with zero attached hydrogens (tertiary/aromatic N) is 2. The van der Waals surface area contributed by atoms with Gasteiger partial charge in [0, 0.05) is 12.6 Å². The van der Waals surface area contributed by atoms with Gasteiger partial charge in [-0.1, -0.05) is 13.8 Å². The Labute approximate surface area is 119 Å². The molecule has 1 rings (SSSR count). The standard InChI is InChI=1S/C14H26BrN3/c1-7-18-13(14(15)11(5)17-18)8-12(9(2)3)10(4)16-6/h9-10,12,16H,7-8H2,1-6H3. The second-order valence-corrected chi connectivity index (χ2v) is 6.14. The summed E-state index contributed by atoms with van der Waals surface area (Å²) in [5.74, 6) is 1.27. The summed E-state index contributed by atoms with van der Waals surface area (Å²) in [6.07, 6.45) is 1.06. The Kier molecular flexibility index (Phi) is 5.86. The highest BCUT2D eigenvalue weighted by Crippen LogP contribution is 2.27. The summed E-state index contributed by atoms with van der Waals surface area (Å²) >= 11 is 3.69. The second-order valence-electron chi connectivity index (χ2n) is 5.35. The van der Waals surface area contributed by atoms with Crippen molar-refractivity contribution in [2.24, 2.45) is 11.8 Å². The van der Waals surface area contributed by atoms with Crippen molar-refractivity contribution < 1.29 is 0 Å². The molecule has 0 amide bonds. The highest BCUT2D eigenvalue weighted by molar-refractivity contribution is 9.10. The van der Waals surface area contributed by atoms with E-state index >= 15 is 0 Å². The van der Waals surface area contributed by atoms with Crippen LogP contribution in [0.1, 0.15) is 39.1 Å². The van der Waals surface area contributed by atoms with Crippen molar-refractivity contribution in [3.8, 4) is 0 Å². The third kappa shape index (κ3) is 3.35. The summed E-state index contributed by atoms with van der Waals surface area (Å²) in [5, 5.41) is 7.96. The first-order valence-corrected chi connectivity index (χ1v) is 7.60. The summed E-state index contributed by atoms with van der Waals surface area (Å²) in [6, 6.07) is 0.511. The third-order valence-electron chi connectivity index (χ3n) is 3.84. The molecule has 1 aromatic heterocycles. The van der Waals surface area contributed by atoms with Gasteiger partial charge in [0.05, 0.1) is 15.9 Å². The Morgan fingerprint density at radius 1 is 1.33 bits per heavy atom. The molecule has 1 aromatic rings. The van der Waals surface area contributed by atoms with Crippen LogP contribution in [-0.4, -0.2) is 22.9 Å². The van der Waals surface area contributed by atoms with Gasteiger partial charge in [-0.25, -0.2) is 0 Å². The molecule has 0 radical (unpaired) electrons. The average Bonchev–Trinajstić information content (AvgIpc) is 2.61. The van der Waals surface area contributed by atoms with Crippen LogP contribution >= 0.6 is 15.9 Å². The summed E-state index contributed by atoms with van der Waals surface area (Å²) in [6.45, 7) is 12.0. The first kappa shape index (κ1) is 15.7. The summed E-state index contributed by atoms with van der Waals surface area (Å²) < 4.78 is 3.30. The minimum atomic E-state index is 0.511. The lowest BCUT2D eigenvalue weighted by molar-refractivity contribution is 0.293. The van der Waals surface area contributed by atoms with Crippen LogP contribution in [-0.2, 0) is 13.0 Å². The number of aryl methyl sites for hydroxylation is 2. The van der Waals surface area contributed by atoms with E-state index in [2.05, 4.69) is 65.6 Å². The van der Waals surface area contributed by atoms with Crippen LogP contribution in [0.15, 0.2) is 4.47 Å². The molecule has 0 spiro atoms. The van der Waals surface area contributed by atoms with E-state index < -0.39 is 0 Å². The van der Waals surface area contributed by atoms with Crippen molar-refractivity contribution in [3.63, 3.8) is 0 Å². The molecule has 0 aliphatic carbocycles. The molecule has 0 aromatic carbocycles. The van der Waals surface area contributed by atoms with Gasteiger partial charge in [0.15, 0.2) is 0 Å². The first-order chi connectivity index (χ1) is 8.42. The van der Waals surface area contributed by atoms with Crippen LogP contribution < -0.4 is 5.32 Å². The quantitative estimate of drug-likeness (QED) is 0.872. The van der Waals surface area contributed by atoms with Crippen molar-refractivity contribution in [1.82, 2.24) is 15.1 Å². The molecule has 2 atom stereocenters. The van der Waals surface area contributed by atoms with E-state index in [0.717, 1.165) is 18.7 Å². The average molecular weight is 316 g/mol. The largest absolute Gasteiger partial charge is 0.317 e. The lowest BCUT2D eigenvalue weighted by Gasteiger charge is -2.27. The van der Waals surface area contributed by atoms with Gasteiger partial charge >= 0.3 is 0 Å². The van der Waals surface area contributed by atoms with E-state index in [1.807, 2.05) is 7.05 Å². The summed E-state index contributed by atoms with van der Waals surface area (Å²) in [4.78, 5) is 0. The fourth-order valence-electron chi connectivity index (χ4n) is 2.49. The monoisotopic (exact) mass is 315 g/mol. The molecule has 0 bridgehead atoms. The molecule has 1 N–H and O–H groups in total. The fraction of sp³-hybridized carbons (Fsp3) is 0.786. The lowest BCUT2D eigenvalue weighted by Crippen LogP contribution is -2.35. The number of aromatic nitrogens is 2. The van der Waals surface area contributed by atoms with Crippen LogP contribution in [0, 0.1) is 18.8 Å². The second kappa shape index (κ2) is 6.71. The van der Waals surface area contributed by atoms with Gasteiger partial charge in [0.2, 0.25) is 0 Å². The Balaban J connectivity index is 3.00. The molecule has 2 unspecified atom stereocenters. The predicted molar refractivity (Wildman–Crippen MR) is 80.9 cm³/mol. The third-order valence-corrected chi connectivity index (χ3v) is 4.87. The maximum atomic E-state index is 4.58. The smallest absolute Gasteiger partial charge is 0.0738 e. The summed E-state index contributed by atoms with van der Waals surface area (Å²) in [5.41, 5.74) is 2.42. The van der Waals surface area contributed by atoms with Gasteiger partial charge in [-0.05, 0) is 62.0 Å². The Morgan fingerprint density at radius 2 is 1.94 bits per heavy atom. The zero-order valence-corrected chi connectivity index (χ0v) is 14.0. The van der Waals surface area contributed by atoms with Crippen molar-refractivity contribution in [1.29, 1.82) is 0 Å². The molecule has 0 saturated heterocycles. The highest BCUT2D eigenvalue weighted by Gasteiger charge is 2.23. The number of hydrogen-bond acceptors (Lipinski definition) is 2. The number of nitrogens with one attached hydrogen (secondary N) is 1. The van der Waals surface area contributed by atoms with Crippen LogP contribution in [0.4, 0.5) is 0 Å². The molecule has 0 aliphatic rings. The van der Waals surface area contributed by atoms with Crippen LogP contribution in [0.25, 0.3) is 0 Å². The van der Waals surface area contributed by atoms with Crippen LogP contribution in [0.3, 0.4) is 0 Å². The topological polar surface area (TPSA) is 29.9 Å². The van der Waals surface area contributed by atoms with Crippen molar-refractivity contribution in [3.05, 3.63) is 15.9 Å². The zero-order valence-electron chi connectivity index (χ0n) is 12.4. The number of hydrogen-bond donors (Lipinski definition) is 1. The highest BCUT2D eigenvalue weighted by atomic mass is 79.9. The van der Waals surface area contributed by atoms with Gasteiger partial charge < -0.3 is 5.32 Å². The minimum absolute atomic E-state index is 0.511. The number of halogens is 1. The van der Waals surface area contributed by atoms with Crippen molar-refractivity contribution in [2.75, 3.05) is 7.05 Å². The normalized spacial score (nSPS) is 15.1. The first-order valence-electron chi connectivity index (χ1n) is 6.81. The van der Waals surface area contributed by atoms with E-state index in [4.69, 9.17) is 0 Å². The summed E-state index contributed by atoms with van der Waals surface area (Å²) in [7, 11) is 2.04. The Bertz CT molecular complexity index is 385. The maximum absolute atomic E-state index is 4.58. The molecule has 104 valence electrons. The lowest BCUT2D eigenvalue weighted by atomic mass is 9.85. The molecule has 0 saturated carbocycles. The minimum Gasteiger partial charge on any atom is -0.317 e. The van der Waals surface area contributed by atoms with Gasteiger partial charge in [-0.2, -0.15) is 5.10 Å². The van der Waals surface area contributed by atoms with Crippen molar-refractivity contribution >= 4 is 15.9 Å². The molecular weight excluding hydrogens is 290 g/mol. The maximum Gasteiger partial charge on any atom is 0.0738 e. The van der Waals surface area contributed by atoms with Crippen LogP contribution in [0.5, 0.6) is 0 Å². The molecule has 18 heavy (non-hydrogen) atoms. The van der Waals surface area contributed by atoms with Gasteiger partial charge in [-0.3, -0.25) is 4.68 Å². The molecule has 0 aliphatic heterocycles. The van der Waals surface area contributed by atoms with E-state index in [9.17, 15) is 0 Å². The Morgan fingerprint density at radius 3 is 2.39 bits per heavy atom. The SMILES string of the molecule is CCn1nc(C)c(Br)c1CC(C(C)C)C(C)NC. The van der Waals surface area contributed by atoms with E-state index in [-0.39, 0.29) is 0 Å². The molecular formula is C14H26BrN3. The molecule has 1 heterocycles. The molecule has 4 heteroatoms. The zero-order chi connectivity index (χ0) is 13.9. The van der Waals surface area contributed by atoms with Crippen molar-refractivity contribution in [2.45, 2.75) is 53.6 Å². The Hall–Kier alpha value is -0.350. The van der Waals surface area contributed by atoms with Gasteiger partial charge in [0.25, 0.3) is 0 Å². The van der Waals surface area contributed by atoms with E-state index in [1.54, 1.807) is 0 Å². The van der Waals surface area contributed by atoms with E-state index in [0.29, 0.717) is 17.9 Å². The fourth-order valence-corrected chi connectivity index (χ4v) is 2.94. The van der Waals surface area contributed by atoms with Gasteiger partial charge in [0.1, 0.15) is 0 Å². The van der Waals surface area contributed by atoms with E-state index in [1.165, 1.54) is 10.2 Å². The van der Waals surface area contributed by atoms with Gasteiger partial charge in [-0.15, -0.1) is 0 Å².